The Morgan fingerprint density at radius 3 is 2.96 bits per heavy atom. The van der Waals surface area contributed by atoms with E-state index in [1.165, 1.54) is 4.57 Å². The van der Waals surface area contributed by atoms with E-state index in [9.17, 15) is 9.59 Å². The highest BCUT2D eigenvalue weighted by atomic mass is 79.9. The van der Waals surface area contributed by atoms with Crippen molar-refractivity contribution in [1.29, 1.82) is 0 Å². The van der Waals surface area contributed by atoms with E-state index in [-0.39, 0.29) is 18.6 Å². The van der Waals surface area contributed by atoms with E-state index in [4.69, 9.17) is 9.15 Å². The number of hydrogen-bond acceptors (Lipinski definition) is 5. The zero-order chi connectivity index (χ0) is 18.1. The van der Waals surface area contributed by atoms with Gasteiger partial charge in [0.2, 0.25) is 11.8 Å². The number of para-hydroxylation sites is 2. The van der Waals surface area contributed by atoms with Gasteiger partial charge in [-0.2, -0.15) is 0 Å². The normalized spacial score (nSPS) is 17.0. The summed E-state index contributed by atoms with van der Waals surface area (Å²) < 4.78 is 13.2. The molecule has 0 saturated carbocycles. The average Bonchev–Trinajstić information content (AvgIpc) is 3.22. The Kier molecular flexibility index (Phi) is 4.50. The molecule has 3 aromatic rings. The lowest BCUT2D eigenvalue weighted by Crippen LogP contribution is -2.35. The number of likely N-dealkylation sites (tertiary alicyclic amines) is 1. The Labute approximate surface area is 157 Å². The van der Waals surface area contributed by atoms with Crippen LogP contribution in [0.3, 0.4) is 0 Å². The molecule has 1 aliphatic rings. The molecule has 0 spiro atoms. The minimum atomic E-state index is -0.523. The molecule has 1 amide bonds. The summed E-state index contributed by atoms with van der Waals surface area (Å²) in [4.78, 5) is 30.5. The molecular formula is C18H16BrN3O4. The highest BCUT2D eigenvalue weighted by Crippen LogP contribution is 2.19. The van der Waals surface area contributed by atoms with E-state index in [2.05, 4.69) is 20.9 Å². The van der Waals surface area contributed by atoms with Gasteiger partial charge in [-0.25, -0.2) is 9.78 Å². The lowest BCUT2D eigenvalue weighted by molar-refractivity contribution is -0.131. The zero-order valence-corrected chi connectivity index (χ0v) is 15.4. The number of fused-ring (bicyclic) bond motifs is 1. The van der Waals surface area contributed by atoms with Gasteiger partial charge >= 0.3 is 5.76 Å². The van der Waals surface area contributed by atoms with Crippen molar-refractivity contribution in [2.75, 3.05) is 13.1 Å². The molecule has 7 nitrogen and oxygen atoms in total. The van der Waals surface area contributed by atoms with Gasteiger partial charge in [-0.1, -0.05) is 12.1 Å². The fourth-order valence-corrected chi connectivity index (χ4v) is 3.29. The van der Waals surface area contributed by atoms with Crippen LogP contribution in [0, 0.1) is 0 Å². The number of ether oxygens (including phenoxy) is 1. The Morgan fingerprint density at radius 1 is 1.31 bits per heavy atom. The maximum atomic E-state index is 12.6. The lowest BCUT2D eigenvalue weighted by atomic mass is 10.3. The molecule has 0 radical (unpaired) electrons. The summed E-state index contributed by atoms with van der Waals surface area (Å²) in [6.45, 7) is 1.02. The summed E-state index contributed by atoms with van der Waals surface area (Å²) in [5.41, 5.74) is 1.10. The molecule has 0 N–H and O–H groups in total. The molecule has 2 aromatic heterocycles. The summed E-state index contributed by atoms with van der Waals surface area (Å²) in [6.07, 6.45) is 2.29. The molecule has 1 aliphatic heterocycles. The van der Waals surface area contributed by atoms with Crippen LogP contribution in [0.1, 0.15) is 6.42 Å². The number of hydrogen-bond donors (Lipinski definition) is 0. The fraction of sp³-hybridized carbons (Fsp3) is 0.278. The van der Waals surface area contributed by atoms with E-state index >= 15 is 0 Å². The number of carbonyl (C=O) groups excluding carboxylic acids is 1. The van der Waals surface area contributed by atoms with Crippen molar-refractivity contribution in [2.24, 2.45) is 0 Å². The van der Waals surface area contributed by atoms with Crippen LogP contribution < -0.4 is 10.5 Å². The van der Waals surface area contributed by atoms with Crippen LogP contribution in [0.4, 0.5) is 0 Å². The molecule has 26 heavy (non-hydrogen) atoms. The summed E-state index contributed by atoms with van der Waals surface area (Å²) in [6, 6.07) is 10.7. The lowest BCUT2D eigenvalue weighted by Gasteiger charge is -2.17. The minimum absolute atomic E-state index is 0.0426. The summed E-state index contributed by atoms with van der Waals surface area (Å²) >= 11 is 3.33. The number of halogens is 1. The van der Waals surface area contributed by atoms with E-state index in [0.717, 1.165) is 10.9 Å². The summed E-state index contributed by atoms with van der Waals surface area (Å²) in [7, 11) is 0. The standard InChI is InChI=1S/C18H16BrN3O4/c19-12-5-6-16(20-9-12)25-13-7-8-21(10-13)17(23)11-22-14-3-1-2-4-15(14)26-18(22)24/h1-6,9,13H,7-8,10-11H2. The first-order valence-corrected chi connectivity index (χ1v) is 9.04. The highest BCUT2D eigenvalue weighted by molar-refractivity contribution is 9.10. The van der Waals surface area contributed by atoms with Crippen LogP contribution in [0.5, 0.6) is 5.88 Å². The Morgan fingerprint density at radius 2 is 2.15 bits per heavy atom. The van der Waals surface area contributed by atoms with Crippen LogP contribution >= 0.6 is 15.9 Å². The van der Waals surface area contributed by atoms with Gasteiger partial charge in [0, 0.05) is 29.7 Å². The molecule has 1 atom stereocenters. The van der Waals surface area contributed by atoms with E-state index < -0.39 is 5.76 Å². The van der Waals surface area contributed by atoms with Gasteiger partial charge in [-0.05, 0) is 34.1 Å². The molecule has 0 aliphatic carbocycles. The van der Waals surface area contributed by atoms with Gasteiger partial charge in [0.15, 0.2) is 5.58 Å². The van der Waals surface area contributed by atoms with Crippen molar-refractivity contribution in [1.82, 2.24) is 14.5 Å². The van der Waals surface area contributed by atoms with E-state index in [0.29, 0.717) is 30.1 Å². The van der Waals surface area contributed by atoms with Crippen molar-refractivity contribution < 1.29 is 13.9 Å². The molecule has 1 unspecified atom stereocenters. The van der Waals surface area contributed by atoms with Crippen LogP contribution in [0.2, 0.25) is 0 Å². The first-order chi connectivity index (χ1) is 12.6. The topological polar surface area (TPSA) is 77.6 Å². The van der Waals surface area contributed by atoms with Crippen molar-refractivity contribution in [3.05, 3.63) is 57.6 Å². The molecule has 134 valence electrons. The Bertz CT molecular complexity index is 996. The molecular weight excluding hydrogens is 402 g/mol. The largest absolute Gasteiger partial charge is 0.472 e. The van der Waals surface area contributed by atoms with E-state index in [1.54, 1.807) is 35.4 Å². The number of amides is 1. The molecule has 0 bridgehead atoms. The van der Waals surface area contributed by atoms with Crippen LogP contribution in [0.15, 0.2) is 56.3 Å². The second-order valence-corrected chi connectivity index (χ2v) is 7.02. The number of oxazole rings is 1. The monoisotopic (exact) mass is 417 g/mol. The minimum Gasteiger partial charge on any atom is -0.472 e. The average molecular weight is 418 g/mol. The number of benzene rings is 1. The van der Waals surface area contributed by atoms with Crippen LogP contribution in [-0.4, -0.2) is 39.6 Å². The summed E-state index contributed by atoms with van der Waals surface area (Å²) in [5, 5.41) is 0. The number of rotatable bonds is 4. The van der Waals surface area contributed by atoms with Crippen molar-refractivity contribution in [2.45, 2.75) is 19.1 Å². The maximum Gasteiger partial charge on any atom is 0.420 e. The van der Waals surface area contributed by atoms with Gasteiger partial charge in [0.25, 0.3) is 0 Å². The zero-order valence-electron chi connectivity index (χ0n) is 13.8. The molecule has 1 saturated heterocycles. The first-order valence-electron chi connectivity index (χ1n) is 8.24. The molecule has 4 rings (SSSR count). The predicted molar refractivity (Wildman–Crippen MR) is 98.0 cm³/mol. The molecule has 8 heteroatoms. The van der Waals surface area contributed by atoms with Crippen molar-refractivity contribution in [3.63, 3.8) is 0 Å². The van der Waals surface area contributed by atoms with Gasteiger partial charge < -0.3 is 14.1 Å². The Hall–Kier alpha value is -2.61. The third-order valence-corrected chi connectivity index (χ3v) is 4.82. The quantitative estimate of drug-likeness (QED) is 0.651. The number of nitrogens with zero attached hydrogens (tertiary/aromatic N) is 3. The van der Waals surface area contributed by atoms with Crippen LogP contribution in [0.25, 0.3) is 11.1 Å². The number of pyridine rings is 1. The van der Waals surface area contributed by atoms with Crippen molar-refractivity contribution >= 4 is 32.9 Å². The van der Waals surface area contributed by atoms with Gasteiger partial charge in [-0.15, -0.1) is 0 Å². The SMILES string of the molecule is O=C(Cn1c(=O)oc2ccccc21)N1CCC(Oc2ccc(Br)cn2)C1. The highest BCUT2D eigenvalue weighted by Gasteiger charge is 2.28. The third-order valence-electron chi connectivity index (χ3n) is 4.35. The van der Waals surface area contributed by atoms with Gasteiger partial charge in [-0.3, -0.25) is 9.36 Å². The first kappa shape index (κ1) is 16.8. The number of aromatic nitrogens is 2. The molecule has 1 aromatic carbocycles. The van der Waals surface area contributed by atoms with Gasteiger partial charge in [0.1, 0.15) is 12.6 Å². The number of carbonyl (C=O) groups is 1. The Balaban J connectivity index is 1.42. The maximum absolute atomic E-state index is 12.6. The smallest absolute Gasteiger partial charge is 0.420 e. The second-order valence-electron chi connectivity index (χ2n) is 6.10. The van der Waals surface area contributed by atoms with Gasteiger partial charge in [0.05, 0.1) is 12.1 Å². The second kappa shape index (κ2) is 6.95. The third kappa shape index (κ3) is 3.37. The van der Waals surface area contributed by atoms with Crippen molar-refractivity contribution in [3.8, 4) is 5.88 Å². The fourth-order valence-electron chi connectivity index (χ4n) is 3.05. The molecule has 1 fully saturated rings. The summed E-state index contributed by atoms with van der Waals surface area (Å²) in [5.74, 6) is -0.122. The van der Waals surface area contributed by atoms with Crippen LogP contribution in [-0.2, 0) is 11.3 Å². The predicted octanol–water partition coefficient (Wildman–Crippen LogP) is 2.43. The van der Waals surface area contributed by atoms with E-state index in [1.807, 2.05) is 12.1 Å². The molecule has 3 heterocycles.